The van der Waals surface area contributed by atoms with Gasteiger partial charge in [-0.3, -0.25) is 0 Å². The van der Waals surface area contributed by atoms with Gasteiger partial charge in [0, 0.05) is 43.0 Å². The predicted octanol–water partition coefficient (Wildman–Crippen LogP) is 3.68. The molecule has 0 unspecified atom stereocenters. The Hall–Kier alpha value is -3.13. The maximum absolute atomic E-state index is 11.8. The molecule has 4 rings (SSSR count). The molecule has 0 radical (unpaired) electrons. The van der Waals surface area contributed by atoms with E-state index in [0.717, 1.165) is 44.0 Å². The van der Waals surface area contributed by atoms with Gasteiger partial charge in [0.05, 0.1) is 12.2 Å². The van der Waals surface area contributed by atoms with Crippen molar-refractivity contribution in [2.24, 2.45) is 0 Å². The Morgan fingerprint density at radius 2 is 2.00 bits per heavy atom. The Labute approximate surface area is 179 Å². The number of carbonyl (C=O) groups is 1. The summed E-state index contributed by atoms with van der Waals surface area (Å²) in [5.74, 6) is 0.991. The van der Waals surface area contributed by atoms with Crippen molar-refractivity contribution in [3.63, 3.8) is 0 Å². The normalized spacial score (nSPS) is 14.5. The van der Waals surface area contributed by atoms with Crippen LogP contribution in [0.25, 0.3) is 11.4 Å². The molecule has 1 aromatic carbocycles. The van der Waals surface area contributed by atoms with Crippen LogP contribution in [-0.4, -0.2) is 53.9 Å². The van der Waals surface area contributed by atoms with Gasteiger partial charge in [0.15, 0.2) is 0 Å². The molecule has 3 heterocycles. The number of anilines is 2. The van der Waals surface area contributed by atoms with Gasteiger partial charge >= 0.3 is 12.0 Å². The average molecular weight is 428 g/mol. The van der Waals surface area contributed by atoms with Crippen LogP contribution in [0.2, 0.25) is 5.02 Å². The fraction of sp³-hybridized carbons (Fsp3) is 0.333. The molecule has 3 aromatic rings. The van der Waals surface area contributed by atoms with Crippen molar-refractivity contribution in [3.05, 3.63) is 53.2 Å². The summed E-state index contributed by atoms with van der Waals surface area (Å²) >= 11 is 6.06. The van der Waals surface area contributed by atoms with Crippen molar-refractivity contribution >= 4 is 29.4 Å². The summed E-state index contributed by atoms with van der Waals surface area (Å²) < 4.78 is 10.5. The lowest BCUT2D eigenvalue weighted by molar-refractivity contribution is 0.0526. The number of rotatable bonds is 5. The second kappa shape index (κ2) is 9.13. The predicted molar refractivity (Wildman–Crippen MR) is 114 cm³/mol. The van der Waals surface area contributed by atoms with Crippen LogP contribution in [0.5, 0.6) is 0 Å². The molecular weight excluding hydrogens is 406 g/mol. The second-order valence-electron chi connectivity index (χ2n) is 6.86. The molecule has 9 heteroatoms. The minimum Gasteiger partial charge on any atom is -0.462 e. The van der Waals surface area contributed by atoms with Crippen molar-refractivity contribution in [2.75, 3.05) is 42.6 Å². The third-order valence-electron chi connectivity index (χ3n) is 4.85. The molecule has 0 spiro atoms. The van der Waals surface area contributed by atoms with Crippen LogP contribution < -0.4 is 9.80 Å². The van der Waals surface area contributed by atoms with Crippen molar-refractivity contribution in [3.8, 4) is 11.4 Å². The van der Waals surface area contributed by atoms with Crippen molar-refractivity contribution in [1.82, 2.24) is 15.1 Å². The molecule has 1 saturated heterocycles. The van der Waals surface area contributed by atoms with Crippen molar-refractivity contribution in [2.45, 2.75) is 13.3 Å². The maximum Gasteiger partial charge on any atom is 0.339 e. The number of hydrogen-bond donors (Lipinski definition) is 0. The summed E-state index contributed by atoms with van der Waals surface area (Å²) in [5, 5.41) is 4.73. The number of pyridine rings is 1. The zero-order valence-electron chi connectivity index (χ0n) is 16.6. The van der Waals surface area contributed by atoms with E-state index < -0.39 is 0 Å². The first-order valence-electron chi connectivity index (χ1n) is 9.87. The van der Waals surface area contributed by atoms with Crippen LogP contribution in [0.3, 0.4) is 0 Å². The SMILES string of the molecule is CCOC(=O)c1ccc(N2CCCN(c3nc(-c4cccc(Cl)c4)no3)CC2)nc1. The molecule has 0 amide bonds. The average Bonchev–Trinajstić information content (AvgIpc) is 3.12. The van der Waals surface area contributed by atoms with Gasteiger partial charge in [-0.1, -0.05) is 28.9 Å². The first-order valence-corrected chi connectivity index (χ1v) is 10.2. The summed E-state index contributed by atoms with van der Waals surface area (Å²) in [6.45, 7) is 5.24. The number of aromatic nitrogens is 3. The lowest BCUT2D eigenvalue weighted by atomic mass is 10.2. The van der Waals surface area contributed by atoms with Crippen LogP contribution in [0, 0.1) is 0 Å². The van der Waals surface area contributed by atoms with E-state index in [1.54, 1.807) is 19.2 Å². The molecule has 156 valence electrons. The van der Waals surface area contributed by atoms with Gasteiger partial charge in [0.2, 0.25) is 5.82 Å². The van der Waals surface area contributed by atoms with Crippen LogP contribution in [0.1, 0.15) is 23.7 Å². The van der Waals surface area contributed by atoms with E-state index in [9.17, 15) is 4.79 Å². The highest BCUT2D eigenvalue weighted by Gasteiger charge is 2.21. The Balaban J connectivity index is 1.41. The third-order valence-corrected chi connectivity index (χ3v) is 5.08. The van der Waals surface area contributed by atoms with Gasteiger partial charge in [0.1, 0.15) is 5.82 Å². The molecule has 30 heavy (non-hydrogen) atoms. The summed E-state index contributed by atoms with van der Waals surface area (Å²) in [5.41, 5.74) is 1.27. The first-order chi connectivity index (χ1) is 14.6. The van der Waals surface area contributed by atoms with Crippen molar-refractivity contribution in [1.29, 1.82) is 0 Å². The van der Waals surface area contributed by atoms with Gasteiger partial charge < -0.3 is 19.1 Å². The third kappa shape index (κ3) is 4.54. The van der Waals surface area contributed by atoms with E-state index in [1.807, 2.05) is 30.3 Å². The number of halogens is 1. The largest absolute Gasteiger partial charge is 0.462 e. The molecule has 0 aliphatic carbocycles. The van der Waals surface area contributed by atoms with E-state index in [2.05, 4.69) is 24.9 Å². The Morgan fingerprint density at radius 1 is 1.17 bits per heavy atom. The maximum atomic E-state index is 11.8. The summed E-state index contributed by atoms with van der Waals surface area (Å²) in [7, 11) is 0. The van der Waals surface area contributed by atoms with E-state index >= 15 is 0 Å². The molecule has 1 aliphatic heterocycles. The zero-order valence-corrected chi connectivity index (χ0v) is 17.4. The van der Waals surface area contributed by atoms with Crippen LogP contribution in [0.15, 0.2) is 47.1 Å². The van der Waals surface area contributed by atoms with E-state index in [1.165, 1.54) is 0 Å². The number of carbonyl (C=O) groups excluding carboxylic acids is 1. The molecule has 0 saturated carbocycles. The smallest absolute Gasteiger partial charge is 0.339 e. The summed E-state index contributed by atoms with van der Waals surface area (Å²) in [6.07, 6.45) is 2.47. The molecule has 0 N–H and O–H groups in total. The van der Waals surface area contributed by atoms with Gasteiger partial charge in [-0.05, 0) is 37.6 Å². The fourth-order valence-electron chi connectivity index (χ4n) is 3.33. The Morgan fingerprint density at radius 3 is 2.77 bits per heavy atom. The number of nitrogens with zero attached hydrogens (tertiary/aromatic N) is 5. The van der Waals surface area contributed by atoms with Gasteiger partial charge in [-0.15, -0.1) is 0 Å². The Kier molecular flexibility index (Phi) is 6.13. The molecule has 0 bridgehead atoms. The monoisotopic (exact) mass is 427 g/mol. The summed E-state index contributed by atoms with van der Waals surface area (Å²) in [4.78, 5) is 25.0. The van der Waals surface area contributed by atoms with Gasteiger partial charge in [-0.25, -0.2) is 9.78 Å². The minimum absolute atomic E-state index is 0.344. The minimum atomic E-state index is -0.356. The fourth-order valence-corrected chi connectivity index (χ4v) is 3.53. The topological polar surface area (TPSA) is 84.6 Å². The molecular formula is C21H22ClN5O3. The highest BCUT2D eigenvalue weighted by atomic mass is 35.5. The first kappa shape index (κ1) is 20.2. The number of benzene rings is 1. The quantitative estimate of drug-likeness (QED) is 0.570. The molecule has 0 atom stereocenters. The molecule has 8 nitrogen and oxygen atoms in total. The van der Waals surface area contributed by atoms with E-state index in [0.29, 0.717) is 29.0 Å². The number of hydrogen-bond acceptors (Lipinski definition) is 8. The summed E-state index contributed by atoms with van der Waals surface area (Å²) in [6, 6.07) is 11.5. The standard InChI is InChI=1S/C21H22ClN5O3/c1-2-29-20(28)16-7-8-18(23-14-16)26-9-4-10-27(12-11-26)21-24-19(25-30-21)15-5-3-6-17(22)13-15/h3,5-8,13-14H,2,4,9-12H2,1H3. The Bertz CT molecular complexity index is 1010. The lowest BCUT2D eigenvalue weighted by Crippen LogP contribution is -2.31. The second-order valence-corrected chi connectivity index (χ2v) is 7.30. The van der Waals surface area contributed by atoms with Crippen LogP contribution in [0.4, 0.5) is 11.8 Å². The van der Waals surface area contributed by atoms with E-state index in [4.69, 9.17) is 20.9 Å². The van der Waals surface area contributed by atoms with Gasteiger partial charge in [0.25, 0.3) is 0 Å². The number of ether oxygens (including phenoxy) is 1. The number of esters is 1. The zero-order chi connectivity index (χ0) is 20.9. The highest BCUT2D eigenvalue weighted by molar-refractivity contribution is 6.30. The van der Waals surface area contributed by atoms with Crippen LogP contribution >= 0.6 is 11.6 Å². The van der Waals surface area contributed by atoms with Crippen molar-refractivity contribution < 1.29 is 14.1 Å². The highest BCUT2D eigenvalue weighted by Crippen LogP contribution is 2.24. The van der Waals surface area contributed by atoms with Crippen LogP contribution in [-0.2, 0) is 4.74 Å². The molecule has 1 aliphatic rings. The molecule has 2 aromatic heterocycles. The lowest BCUT2D eigenvalue weighted by Gasteiger charge is -2.22. The van der Waals surface area contributed by atoms with E-state index in [-0.39, 0.29) is 5.97 Å². The van der Waals surface area contributed by atoms with Gasteiger partial charge in [-0.2, -0.15) is 4.98 Å². The molecule has 1 fully saturated rings.